The van der Waals surface area contributed by atoms with E-state index in [4.69, 9.17) is 0 Å². The molecular weight excluding hydrogens is 336 g/mol. The predicted molar refractivity (Wildman–Crippen MR) is 97.0 cm³/mol. The minimum atomic E-state index is -0.842. The molecule has 4 nitrogen and oxygen atoms in total. The van der Waals surface area contributed by atoms with E-state index in [1.807, 2.05) is 37.3 Å². The minimum absolute atomic E-state index is 0.0315. The molecule has 1 amide bonds. The molecule has 132 valence electrons. The third-order valence-corrected chi connectivity index (χ3v) is 3.85. The third-order valence-electron chi connectivity index (χ3n) is 3.85. The maximum Gasteiger partial charge on any atom is 0.274 e. The Hall–Kier alpha value is -3.28. The molecule has 0 bridgehead atoms. The number of carbonyl (C=O) groups excluding carboxylic acids is 1. The van der Waals surface area contributed by atoms with Crippen molar-refractivity contribution < 1.29 is 13.6 Å². The molecule has 2 aromatic carbocycles. The summed E-state index contributed by atoms with van der Waals surface area (Å²) in [6.45, 7) is 2.00. The fourth-order valence-corrected chi connectivity index (χ4v) is 2.50. The third kappa shape index (κ3) is 4.22. The molecule has 0 saturated carbocycles. The van der Waals surface area contributed by atoms with Crippen molar-refractivity contribution in [2.75, 3.05) is 10.6 Å². The van der Waals surface area contributed by atoms with Crippen LogP contribution in [-0.4, -0.2) is 10.9 Å². The van der Waals surface area contributed by atoms with Gasteiger partial charge in [-0.3, -0.25) is 9.78 Å². The van der Waals surface area contributed by atoms with Gasteiger partial charge in [-0.15, -0.1) is 0 Å². The molecule has 6 heteroatoms. The number of pyridine rings is 1. The van der Waals surface area contributed by atoms with Gasteiger partial charge in [-0.2, -0.15) is 0 Å². The number of nitrogens with one attached hydrogen (secondary N) is 2. The summed E-state index contributed by atoms with van der Waals surface area (Å²) in [5, 5.41) is 5.69. The number of carbonyl (C=O) groups is 1. The van der Waals surface area contributed by atoms with Gasteiger partial charge >= 0.3 is 0 Å². The first-order valence-electron chi connectivity index (χ1n) is 8.07. The van der Waals surface area contributed by atoms with Crippen LogP contribution in [0.4, 0.5) is 20.2 Å². The highest BCUT2D eigenvalue weighted by atomic mass is 19.1. The summed E-state index contributed by atoms with van der Waals surface area (Å²) >= 11 is 0. The maximum atomic E-state index is 13.7. The molecule has 0 radical (unpaired) electrons. The van der Waals surface area contributed by atoms with Crippen molar-refractivity contribution in [3.63, 3.8) is 0 Å². The second-order valence-electron chi connectivity index (χ2n) is 5.78. The van der Waals surface area contributed by atoms with E-state index in [0.29, 0.717) is 11.8 Å². The van der Waals surface area contributed by atoms with E-state index in [2.05, 4.69) is 15.6 Å². The van der Waals surface area contributed by atoms with Crippen molar-refractivity contribution in [3.8, 4) is 0 Å². The van der Waals surface area contributed by atoms with E-state index in [1.54, 1.807) is 12.1 Å². The van der Waals surface area contributed by atoms with Crippen LogP contribution in [0.1, 0.15) is 29.0 Å². The molecule has 3 rings (SSSR count). The van der Waals surface area contributed by atoms with Crippen molar-refractivity contribution in [3.05, 3.63) is 89.8 Å². The average molecular weight is 353 g/mol. The Morgan fingerprint density at radius 2 is 1.81 bits per heavy atom. The monoisotopic (exact) mass is 353 g/mol. The smallest absolute Gasteiger partial charge is 0.274 e. The summed E-state index contributed by atoms with van der Waals surface area (Å²) in [5.74, 6) is -2.13. The van der Waals surface area contributed by atoms with Gasteiger partial charge in [0.15, 0.2) is 0 Å². The van der Waals surface area contributed by atoms with E-state index < -0.39 is 17.5 Å². The molecule has 1 heterocycles. The van der Waals surface area contributed by atoms with Crippen LogP contribution in [0, 0.1) is 11.6 Å². The van der Waals surface area contributed by atoms with Gasteiger partial charge in [-0.25, -0.2) is 8.78 Å². The number of halogens is 2. The lowest BCUT2D eigenvalue weighted by Gasteiger charge is -2.16. The average Bonchev–Trinajstić information content (AvgIpc) is 2.65. The van der Waals surface area contributed by atoms with Crippen LogP contribution in [0.3, 0.4) is 0 Å². The van der Waals surface area contributed by atoms with Crippen LogP contribution in [0.2, 0.25) is 0 Å². The number of anilines is 2. The summed E-state index contributed by atoms with van der Waals surface area (Å²) < 4.78 is 26.6. The SMILES string of the molecule is CC(Nc1ccnc(C(=O)Nc2ccc(F)cc2F)c1)c1ccccc1. The molecule has 1 aromatic heterocycles. The number of benzene rings is 2. The molecule has 0 aliphatic carbocycles. The second-order valence-corrected chi connectivity index (χ2v) is 5.78. The summed E-state index contributed by atoms with van der Waals surface area (Å²) in [5.41, 5.74) is 1.83. The molecule has 0 aliphatic rings. The molecule has 0 aliphatic heterocycles. The Bertz CT molecular complexity index is 916. The van der Waals surface area contributed by atoms with E-state index in [-0.39, 0.29) is 17.4 Å². The lowest BCUT2D eigenvalue weighted by atomic mass is 10.1. The summed E-state index contributed by atoms with van der Waals surface area (Å²) in [6.07, 6.45) is 1.50. The Morgan fingerprint density at radius 3 is 2.54 bits per heavy atom. The number of nitrogens with zero attached hydrogens (tertiary/aromatic N) is 1. The fourth-order valence-electron chi connectivity index (χ4n) is 2.50. The lowest BCUT2D eigenvalue weighted by Crippen LogP contribution is -2.15. The van der Waals surface area contributed by atoms with Crippen molar-refractivity contribution in [2.45, 2.75) is 13.0 Å². The highest BCUT2D eigenvalue weighted by molar-refractivity contribution is 6.03. The minimum Gasteiger partial charge on any atom is -0.378 e. The standard InChI is InChI=1S/C20H17F2N3O/c1-13(14-5-3-2-4-6-14)24-16-9-10-23-19(12-16)20(26)25-18-8-7-15(21)11-17(18)22/h2-13H,1H3,(H,23,24)(H,25,26). The van der Waals surface area contributed by atoms with E-state index >= 15 is 0 Å². The van der Waals surface area contributed by atoms with E-state index in [0.717, 1.165) is 11.6 Å². The molecular formula is C20H17F2N3O. The van der Waals surface area contributed by atoms with Crippen molar-refractivity contribution in [2.24, 2.45) is 0 Å². The largest absolute Gasteiger partial charge is 0.378 e. The molecule has 0 fully saturated rings. The number of hydrogen-bond acceptors (Lipinski definition) is 3. The van der Waals surface area contributed by atoms with Crippen LogP contribution in [0.15, 0.2) is 66.9 Å². The fraction of sp³-hybridized carbons (Fsp3) is 0.100. The zero-order chi connectivity index (χ0) is 18.5. The highest BCUT2D eigenvalue weighted by Crippen LogP contribution is 2.20. The molecule has 2 N–H and O–H groups in total. The number of hydrogen-bond donors (Lipinski definition) is 2. The van der Waals surface area contributed by atoms with Gasteiger partial charge in [0.2, 0.25) is 0 Å². The molecule has 3 aromatic rings. The summed E-state index contributed by atoms with van der Waals surface area (Å²) in [6, 6.07) is 16.2. The Balaban J connectivity index is 1.73. The van der Waals surface area contributed by atoms with Crippen LogP contribution < -0.4 is 10.6 Å². The lowest BCUT2D eigenvalue weighted by molar-refractivity contribution is 0.102. The quantitative estimate of drug-likeness (QED) is 0.694. The highest BCUT2D eigenvalue weighted by Gasteiger charge is 2.13. The molecule has 1 unspecified atom stereocenters. The van der Waals surface area contributed by atoms with Crippen LogP contribution in [0.5, 0.6) is 0 Å². The molecule has 0 spiro atoms. The zero-order valence-electron chi connectivity index (χ0n) is 14.0. The van der Waals surface area contributed by atoms with Gasteiger partial charge in [-0.05, 0) is 36.8 Å². The van der Waals surface area contributed by atoms with Crippen LogP contribution in [-0.2, 0) is 0 Å². The van der Waals surface area contributed by atoms with Gasteiger partial charge in [0.05, 0.1) is 5.69 Å². The van der Waals surface area contributed by atoms with Gasteiger partial charge in [0.1, 0.15) is 17.3 Å². The first-order valence-corrected chi connectivity index (χ1v) is 8.07. The maximum absolute atomic E-state index is 13.7. The van der Waals surface area contributed by atoms with Gasteiger partial charge in [-0.1, -0.05) is 30.3 Å². The summed E-state index contributed by atoms with van der Waals surface area (Å²) in [4.78, 5) is 16.3. The van der Waals surface area contributed by atoms with Crippen LogP contribution in [0.25, 0.3) is 0 Å². The normalized spacial score (nSPS) is 11.7. The van der Waals surface area contributed by atoms with Crippen molar-refractivity contribution in [1.29, 1.82) is 0 Å². The van der Waals surface area contributed by atoms with Crippen molar-refractivity contribution in [1.82, 2.24) is 4.98 Å². The van der Waals surface area contributed by atoms with Gasteiger partial charge < -0.3 is 10.6 Å². The molecule has 1 atom stereocenters. The molecule has 0 saturated heterocycles. The molecule has 26 heavy (non-hydrogen) atoms. The Labute approximate surface area is 149 Å². The first kappa shape index (κ1) is 17.5. The van der Waals surface area contributed by atoms with Crippen LogP contribution >= 0.6 is 0 Å². The predicted octanol–water partition coefficient (Wildman–Crippen LogP) is 4.79. The number of rotatable bonds is 5. The number of amides is 1. The number of aromatic nitrogens is 1. The van der Waals surface area contributed by atoms with E-state index in [9.17, 15) is 13.6 Å². The van der Waals surface area contributed by atoms with E-state index in [1.165, 1.54) is 12.3 Å². The Kier molecular flexibility index (Phi) is 5.22. The second kappa shape index (κ2) is 7.74. The van der Waals surface area contributed by atoms with Crippen molar-refractivity contribution >= 4 is 17.3 Å². The summed E-state index contributed by atoms with van der Waals surface area (Å²) in [7, 11) is 0. The van der Waals surface area contributed by atoms with Gasteiger partial charge in [0.25, 0.3) is 5.91 Å². The Morgan fingerprint density at radius 1 is 1.04 bits per heavy atom. The van der Waals surface area contributed by atoms with Gasteiger partial charge in [0, 0.05) is 24.0 Å². The topological polar surface area (TPSA) is 54.0 Å². The zero-order valence-corrected chi connectivity index (χ0v) is 14.0. The first-order chi connectivity index (χ1) is 12.5.